The molecule has 3 heterocycles. The Bertz CT molecular complexity index is 1100. The van der Waals surface area contributed by atoms with E-state index < -0.39 is 0 Å². The van der Waals surface area contributed by atoms with Gasteiger partial charge in [-0.05, 0) is 49.1 Å². The Morgan fingerprint density at radius 1 is 1.16 bits per heavy atom. The molecule has 0 radical (unpaired) electrons. The first-order chi connectivity index (χ1) is 15.6. The van der Waals surface area contributed by atoms with Gasteiger partial charge in [-0.3, -0.25) is 14.7 Å². The van der Waals surface area contributed by atoms with E-state index in [9.17, 15) is 4.79 Å². The average Bonchev–Trinajstić information content (AvgIpc) is 3.46. The molecule has 2 aromatic heterocycles. The van der Waals surface area contributed by atoms with E-state index in [1.807, 2.05) is 36.4 Å². The van der Waals surface area contributed by atoms with Crippen molar-refractivity contribution in [2.24, 2.45) is 5.92 Å². The minimum atomic E-state index is -0.0960. The summed E-state index contributed by atoms with van der Waals surface area (Å²) in [6.07, 6.45) is 4.28. The number of pyridine rings is 1. The molecule has 7 nitrogen and oxygen atoms in total. The second-order valence-corrected chi connectivity index (χ2v) is 9.24. The second kappa shape index (κ2) is 9.17. The highest BCUT2D eigenvalue weighted by molar-refractivity contribution is 6.42. The number of nitrogens with one attached hydrogen (secondary N) is 1. The van der Waals surface area contributed by atoms with Gasteiger partial charge in [-0.2, -0.15) is 4.98 Å². The number of carbonyl (C=O) groups is 1. The van der Waals surface area contributed by atoms with Crippen LogP contribution in [0.3, 0.4) is 0 Å². The van der Waals surface area contributed by atoms with Gasteiger partial charge in [-0.15, -0.1) is 0 Å². The van der Waals surface area contributed by atoms with Gasteiger partial charge >= 0.3 is 0 Å². The first kappa shape index (κ1) is 21.4. The molecule has 1 amide bonds. The first-order valence-corrected chi connectivity index (χ1v) is 11.5. The maximum absolute atomic E-state index is 12.7. The monoisotopic (exact) mass is 471 g/mol. The van der Waals surface area contributed by atoms with Gasteiger partial charge in [-0.25, -0.2) is 0 Å². The van der Waals surface area contributed by atoms with Gasteiger partial charge in [0.2, 0.25) is 17.6 Å². The van der Waals surface area contributed by atoms with Crippen LogP contribution in [0, 0.1) is 5.92 Å². The predicted octanol–water partition coefficient (Wildman–Crippen LogP) is 4.32. The van der Waals surface area contributed by atoms with Crippen LogP contribution in [0.2, 0.25) is 10.0 Å². The van der Waals surface area contributed by atoms with Gasteiger partial charge in [0, 0.05) is 31.9 Å². The van der Waals surface area contributed by atoms with Gasteiger partial charge in [0.15, 0.2) is 0 Å². The molecule has 166 valence electrons. The SMILES string of the molecule is O=C(NC1CCN(Cc2ccc(Cl)c(Cl)c2)CC1)[C@@H]1C[C@@H]1c1nc(-c2ccccn2)no1. The highest BCUT2D eigenvalue weighted by Gasteiger charge is 2.48. The quantitative estimate of drug-likeness (QED) is 0.575. The van der Waals surface area contributed by atoms with Crippen molar-refractivity contribution >= 4 is 29.1 Å². The van der Waals surface area contributed by atoms with Crippen molar-refractivity contribution in [1.82, 2.24) is 25.3 Å². The van der Waals surface area contributed by atoms with E-state index in [1.165, 1.54) is 0 Å². The zero-order chi connectivity index (χ0) is 22.1. The van der Waals surface area contributed by atoms with Crippen LogP contribution < -0.4 is 5.32 Å². The molecule has 2 atom stereocenters. The molecule has 32 heavy (non-hydrogen) atoms. The third kappa shape index (κ3) is 4.80. The van der Waals surface area contributed by atoms with Gasteiger partial charge in [0.05, 0.1) is 21.9 Å². The van der Waals surface area contributed by atoms with Crippen LogP contribution in [0.5, 0.6) is 0 Å². The van der Waals surface area contributed by atoms with E-state index in [2.05, 4.69) is 25.3 Å². The molecule has 0 bridgehead atoms. The summed E-state index contributed by atoms with van der Waals surface area (Å²) in [5.41, 5.74) is 1.81. The molecule has 1 aliphatic heterocycles. The standard InChI is InChI=1S/C23H23Cl2N5O2/c24-18-5-4-14(11-19(18)25)13-30-9-6-15(7-10-30)27-22(31)16-12-17(16)23-28-21(29-32-23)20-3-1-2-8-26-20/h1-5,8,11,15-17H,6-7,9-10,12-13H2,(H,27,31)/t16-,17+/m1/s1. The number of nitrogens with zero attached hydrogens (tertiary/aromatic N) is 4. The lowest BCUT2D eigenvalue weighted by Gasteiger charge is -2.32. The molecule has 1 aliphatic carbocycles. The zero-order valence-corrected chi connectivity index (χ0v) is 18.9. The molecule has 2 fully saturated rings. The number of aromatic nitrogens is 3. The number of halogens is 2. The summed E-state index contributed by atoms with van der Waals surface area (Å²) < 4.78 is 5.39. The number of piperidine rings is 1. The minimum absolute atomic E-state index is 0.00490. The fourth-order valence-electron chi connectivity index (χ4n) is 4.18. The Kier molecular flexibility index (Phi) is 6.13. The Hall–Kier alpha value is -2.48. The van der Waals surface area contributed by atoms with Crippen molar-refractivity contribution in [3.63, 3.8) is 0 Å². The maximum Gasteiger partial charge on any atom is 0.230 e. The lowest BCUT2D eigenvalue weighted by Crippen LogP contribution is -2.44. The molecule has 3 aromatic rings. The molecule has 1 N–H and O–H groups in total. The molecular weight excluding hydrogens is 449 g/mol. The zero-order valence-electron chi connectivity index (χ0n) is 17.4. The Morgan fingerprint density at radius 3 is 2.75 bits per heavy atom. The summed E-state index contributed by atoms with van der Waals surface area (Å²) in [6.45, 7) is 2.69. The largest absolute Gasteiger partial charge is 0.353 e. The van der Waals surface area contributed by atoms with Crippen molar-refractivity contribution in [2.75, 3.05) is 13.1 Å². The number of likely N-dealkylation sites (tertiary alicyclic amines) is 1. The minimum Gasteiger partial charge on any atom is -0.353 e. The van der Waals surface area contributed by atoms with Crippen LogP contribution in [-0.4, -0.2) is 45.1 Å². The van der Waals surface area contributed by atoms with E-state index in [0.717, 1.165) is 44.5 Å². The van der Waals surface area contributed by atoms with Crippen molar-refractivity contribution in [1.29, 1.82) is 0 Å². The molecule has 1 saturated carbocycles. The van der Waals surface area contributed by atoms with Crippen LogP contribution in [0.1, 0.15) is 36.6 Å². The molecule has 0 spiro atoms. The molecule has 1 saturated heterocycles. The Labute approximate surface area is 196 Å². The normalized spacial score (nSPS) is 21.4. The summed E-state index contributed by atoms with van der Waals surface area (Å²) in [6, 6.07) is 11.5. The smallest absolute Gasteiger partial charge is 0.230 e. The van der Waals surface area contributed by atoms with E-state index in [0.29, 0.717) is 27.5 Å². The summed E-state index contributed by atoms with van der Waals surface area (Å²) in [5.74, 6) is 0.953. The topological polar surface area (TPSA) is 84.2 Å². The lowest BCUT2D eigenvalue weighted by molar-refractivity contribution is -0.123. The van der Waals surface area contributed by atoms with Gasteiger partial charge in [-0.1, -0.05) is 40.5 Å². The lowest BCUT2D eigenvalue weighted by atomic mass is 10.0. The molecule has 2 aliphatic rings. The first-order valence-electron chi connectivity index (χ1n) is 10.8. The Morgan fingerprint density at radius 2 is 2.00 bits per heavy atom. The van der Waals surface area contributed by atoms with E-state index in [1.54, 1.807) is 6.20 Å². The number of rotatable bonds is 6. The molecule has 5 rings (SSSR count). The predicted molar refractivity (Wildman–Crippen MR) is 121 cm³/mol. The van der Waals surface area contributed by atoms with Crippen LogP contribution in [0.25, 0.3) is 11.5 Å². The van der Waals surface area contributed by atoms with Crippen LogP contribution in [0.4, 0.5) is 0 Å². The average molecular weight is 472 g/mol. The number of hydrogen-bond acceptors (Lipinski definition) is 6. The van der Waals surface area contributed by atoms with Gasteiger partial charge in [0.25, 0.3) is 0 Å². The Balaban J connectivity index is 1.09. The second-order valence-electron chi connectivity index (χ2n) is 8.43. The number of amides is 1. The van der Waals surface area contributed by atoms with Crippen molar-refractivity contribution in [3.8, 4) is 11.5 Å². The summed E-state index contributed by atoms with van der Waals surface area (Å²) in [4.78, 5) is 23.8. The summed E-state index contributed by atoms with van der Waals surface area (Å²) in [5, 5.41) is 8.38. The van der Waals surface area contributed by atoms with Crippen LogP contribution >= 0.6 is 23.2 Å². The highest BCUT2D eigenvalue weighted by Crippen LogP contribution is 2.47. The van der Waals surface area contributed by atoms with E-state index >= 15 is 0 Å². The fraction of sp³-hybridized carbons (Fsp3) is 0.391. The molecule has 0 unspecified atom stereocenters. The number of carbonyl (C=O) groups excluding carboxylic acids is 1. The molecule has 9 heteroatoms. The van der Waals surface area contributed by atoms with Crippen molar-refractivity contribution < 1.29 is 9.32 Å². The van der Waals surface area contributed by atoms with Crippen LogP contribution in [-0.2, 0) is 11.3 Å². The van der Waals surface area contributed by atoms with E-state index in [-0.39, 0.29) is 23.8 Å². The fourth-order valence-corrected chi connectivity index (χ4v) is 4.50. The third-order valence-electron chi connectivity index (χ3n) is 6.10. The van der Waals surface area contributed by atoms with Crippen molar-refractivity contribution in [3.05, 3.63) is 64.1 Å². The number of hydrogen-bond donors (Lipinski definition) is 1. The van der Waals surface area contributed by atoms with Gasteiger partial charge in [0.1, 0.15) is 5.69 Å². The highest BCUT2D eigenvalue weighted by atomic mass is 35.5. The summed E-state index contributed by atoms with van der Waals surface area (Å²) in [7, 11) is 0. The van der Waals surface area contributed by atoms with Crippen molar-refractivity contribution in [2.45, 2.75) is 37.8 Å². The summed E-state index contributed by atoms with van der Waals surface area (Å²) >= 11 is 12.1. The molecule has 1 aromatic carbocycles. The maximum atomic E-state index is 12.7. The third-order valence-corrected chi connectivity index (χ3v) is 6.84. The van der Waals surface area contributed by atoms with E-state index in [4.69, 9.17) is 27.7 Å². The number of benzene rings is 1. The van der Waals surface area contributed by atoms with Gasteiger partial charge < -0.3 is 9.84 Å². The molecular formula is C23H23Cl2N5O2. The van der Waals surface area contributed by atoms with Crippen LogP contribution in [0.15, 0.2) is 47.1 Å².